The van der Waals surface area contributed by atoms with E-state index in [0.717, 1.165) is 12.8 Å². The second-order valence-corrected chi connectivity index (χ2v) is 6.64. The topological polar surface area (TPSA) is 88.8 Å². The van der Waals surface area contributed by atoms with E-state index in [0.29, 0.717) is 22.0 Å². The van der Waals surface area contributed by atoms with Gasteiger partial charge in [-0.05, 0) is 18.9 Å². The van der Waals surface area contributed by atoms with Crippen LogP contribution in [0.2, 0.25) is 0 Å². The molecular formula is C12H13N3O2S. The number of sulfone groups is 1. The molecule has 0 spiro atoms. The van der Waals surface area contributed by atoms with E-state index in [2.05, 4.69) is 10.2 Å². The van der Waals surface area contributed by atoms with E-state index < -0.39 is 9.84 Å². The van der Waals surface area contributed by atoms with Gasteiger partial charge in [-0.3, -0.25) is 5.10 Å². The molecule has 0 bridgehead atoms. The third-order valence-corrected chi connectivity index (χ3v) is 5.36. The molecule has 18 heavy (non-hydrogen) atoms. The Hall–Kier alpha value is -1.82. The average Bonchev–Trinajstić information content (AvgIpc) is 3.13. The third kappa shape index (κ3) is 1.78. The van der Waals surface area contributed by atoms with Crippen molar-refractivity contribution in [1.82, 2.24) is 10.2 Å². The van der Waals surface area contributed by atoms with Gasteiger partial charge < -0.3 is 5.73 Å². The van der Waals surface area contributed by atoms with Crippen LogP contribution in [-0.2, 0) is 9.84 Å². The Morgan fingerprint density at radius 3 is 2.61 bits per heavy atom. The summed E-state index contributed by atoms with van der Waals surface area (Å²) in [4.78, 5) is 0.358. The van der Waals surface area contributed by atoms with Crippen LogP contribution in [0.25, 0.3) is 11.3 Å². The Kier molecular flexibility index (Phi) is 2.41. The lowest BCUT2D eigenvalue weighted by molar-refractivity contribution is 0.595. The van der Waals surface area contributed by atoms with Crippen molar-refractivity contribution >= 4 is 15.7 Å². The number of nitrogens with zero attached hydrogens (tertiary/aromatic N) is 1. The van der Waals surface area contributed by atoms with Gasteiger partial charge in [0.15, 0.2) is 9.84 Å². The fourth-order valence-corrected chi connectivity index (χ4v) is 3.84. The Bertz CT molecular complexity index is 687. The van der Waals surface area contributed by atoms with Gasteiger partial charge in [0.2, 0.25) is 0 Å². The number of nitrogens with one attached hydrogen (secondary N) is 1. The van der Waals surface area contributed by atoms with Crippen molar-refractivity contribution in [2.24, 2.45) is 0 Å². The highest BCUT2D eigenvalue weighted by Crippen LogP contribution is 2.37. The largest absolute Gasteiger partial charge is 0.382 e. The van der Waals surface area contributed by atoms with Crippen LogP contribution in [0.4, 0.5) is 5.82 Å². The lowest BCUT2D eigenvalue weighted by atomic mass is 10.1. The zero-order valence-electron chi connectivity index (χ0n) is 9.63. The number of nitrogen functional groups attached to an aromatic ring is 1. The molecule has 3 rings (SSSR count). The minimum Gasteiger partial charge on any atom is -0.382 e. The lowest BCUT2D eigenvalue weighted by Crippen LogP contribution is -2.08. The van der Waals surface area contributed by atoms with E-state index in [1.54, 1.807) is 30.3 Å². The minimum absolute atomic E-state index is 0.223. The molecule has 1 fully saturated rings. The van der Waals surface area contributed by atoms with Gasteiger partial charge in [0.25, 0.3) is 0 Å². The average molecular weight is 263 g/mol. The van der Waals surface area contributed by atoms with Gasteiger partial charge in [0, 0.05) is 11.6 Å². The van der Waals surface area contributed by atoms with Crippen LogP contribution in [-0.4, -0.2) is 23.9 Å². The monoisotopic (exact) mass is 263 g/mol. The molecule has 0 atom stereocenters. The molecule has 1 aliphatic rings. The predicted molar refractivity (Wildman–Crippen MR) is 68.6 cm³/mol. The molecule has 1 saturated carbocycles. The first kappa shape index (κ1) is 11.3. The normalized spacial score (nSPS) is 15.8. The minimum atomic E-state index is -3.22. The molecule has 1 aromatic carbocycles. The smallest absolute Gasteiger partial charge is 0.181 e. The first-order chi connectivity index (χ1) is 8.59. The van der Waals surface area contributed by atoms with Crippen molar-refractivity contribution < 1.29 is 8.42 Å². The molecule has 2 aromatic rings. The van der Waals surface area contributed by atoms with Gasteiger partial charge >= 0.3 is 0 Å². The van der Waals surface area contributed by atoms with Crippen molar-refractivity contribution in [3.8, 4) is 11.3 Å². The summed E-state index contributed by atoms with van der Waals surface area (Å²) < 4.78 is 24.7. The van der Waals surface area contributed by atoms with Crippen LogP contribution < -0.4 is 5.73 Å². The van der Waals surface area contributed by atoms with Crippen LogP contribution in [0.5, 0.6) is 0 Å². The van der Waals surface area contributed by atoms with Gasteiger partial charge in [-0.1, -0.05) is 18.2 Å². The third-order valence-electron chi connectivity index (χ3n) is 3.04. The molecule has 0 radical (unpaired) electrons. The number of anilines is 1. The molecule has 0 amide bonds. The molecule has 94 valence electrons. The standard InChI is InChI=1S/C12H13N3O2S/c13-12-7-10(14-15-12)9-3-1-2-4-11(9)18(16,17)8-5-6-8/h1-4,7-8H,5-6H2,(H3,13,14,15). The van der Waals surface area contributed by atoms with E-state index in [-0.39, 0.29) is 5.25 Å². The fraction of sp³-hybridized carbons (Fsp3) is 0.250. The summed E-state index contributed by atoms with van der Waals surface area (Å²) in [5.74, 6) is 0.351. The highest BCUT2D eigenvalue weighted by Gasteiger charge is 2.38. The highest BCUT2D eigenvalue weighted by atomic mass is 32.2. The maximum atomic E-state index is 12.3. The summed E-state index contributed by atoms with van der Waals surface area (Å²) in [6, 6.07) is 8.58. The van der Waals surface area contributed by atoms with Crippen LogP contribution in [0.15, 0.2) is 35.2 Å². The second-order valence-electron chi connectivity index (χ2n) is 4.45. The Morgan fingerprint density at radius 1 is 1.28 bits per heavy atom. The highest BCUT2D eigenvalue weighted by molar-refractivity contribution is 7.92. The van der Waals surface area contributed by atoms with Gasteiger partial charge in [0.05, 0.1) is 15.8 Å². The van der Waals surface area contributed by atoms with Crippen LogP contribution >= 0.6 is 0 Å². The molecule has 0 aliphatic heterocycles. The number of rotatable bonds is 3. The first-order valence-electron chi connectivity index (χ1n) is 5.73. The SMILES string of the molecule is Nc1cc(-c2ccccc2S(=O)(=O)C2CC2)[nH]n1. The van der Waals surface area contributed by atoms with Crippen LogP contribution in [0.1, 0.15) is 12.8 Å². The van der Waals surface area contributed by atoms with E-state index in [9.17, 15) is 8.42 Å². The summed E-state index contributed by atoms with van der Waals surface area (Å²) in [5, 5.41) is 6.37. The summed E-state index contributed by atoms with van der Waals surface area (Å²) in [6.45, 7) is 0. The number of hydrogen-bond donors (Lipinski definition) is 2. The number of hydrogen-bond acceptors (Lipinski definition) is 4. The summed E-state index contributed by atoms with van der Waals surface area (Å²) in [7, 11) is -3.22. The predicted octanol–water partition coefficient (Wildman–Crippen LogP) is 1.60. The Labute approximate surface area is 105 Å². The molecule has 1 aromatic heterocycles. The van der Waals surface area contributed by atoms with E-state index in [1.165, 1.54) is 0 Å². The summed E-state index contributed by atoms with van der Waals surface area (Å²) >= 11 is 0. The van der Waals surface area contributed by atoms with E-state index in [4.69, 9.17) is 5.73 Å². The van der Waals surface area contributed by atoms with Gasteiger partial charge in [0.1, 0.15) is 5.82 Å². The molecular weight excluding hydrogens is 250 g/mol. The molecule has 0 saturated heterocycles. The molecule has 5 nitrogen and oxygen atoms in total. The molecule has 3 N–H and O–H groups in total. The number of benzene rings is 1. The molecule has 0 unspecified atom stereocenters. The maximum absolute atomic E-state index is 12.3. The van der Waals surface area contributed by atoms with Crippen molar-refractivity contribution in [3.63, 3.8) is 0 Å². The quantitative estimate of drug-likeness (QED) is 0.880. The maximum Gasteiger partial charge on any atom is 0.181 e. The van der Waals surface area contributed by atoms with Gasteiger partial charge in [-0.2, -0.15) is 5.10 Å². The Morgan fingerprint density at radius 2 is 2.00 bits per heavy atom. The Balaban J connectivity index is 2.16. The van der Waals surface area contributed by atoms with Gasteiger partial charge in [-0.15, -0.1) is 0 Å². The van der Waals surface area contributed by atoms with Gasteiger partial charge in [-0.25, -0.2) is 8.42 Å². The molecule has 6 heteroatoms. The zero-order valence-corrected chi connectivity index (χ0v) is 10.4. The van der Waals surface area contributed by atoms with Crippen molar-refractivity contribution in [1.29, 1.82) is 0 Å². The van der Waals surface area contributed by atoms with Crippen LogP contribution in [0, 0.1) is 0 Å². The lowest BCUT2D eigenvalue weighted by Gasteiger charge is -2.07. The second kappa shape index (κ2) is 3.84. The van der Waals surface area contributed by atoms with Crippen molar-refractivity contribution in [2.45, 2.75) is 23.0 Å². The fourth-order valence-electron chi connectivity index (χ4n) is 1.97. The number of H-pyrrole nitrogens is 1. The van der Waals surface area contributed by atoms with Crippen molar-refractivity contribution in [2.75, 3.05) is 5.73 Å². The van der Waals surface area contributed by atoms with E-state index >= 15 is 0 Å². The zero-order chi connectivity index (χ0) is 12.8. The number of aromatic amines is 1. The van der Waals surface area contributed by atoms with Crippen molar-refractivity contribution in [3.05, 3.63) is 30.3 Å². The summed E-state index contributed by atoms with van der Waals surface area (Å²) in [5.41, 5.74) is 6.82. The first-order valence-corrected chi connectivity index (χ1v) is 7.28. The van der Waals surface area contributed by atoms with Crippen LogP contribution in [0.3, 0.4) is 0 Å². The molecule has 1 aliphatic carbocycles. The number of nitrogens with two attached hydrogens (primary N) is 1. The number of aromatic nitrogens is 2. The molecule has 1 heterocycles. The van der Waals surface area contributed by atoms with E-state index in [1.807, 2.05) is 0 Å². The summed E-state index contributed by atoms with van der Waals surface area (Å²) in [6.07, 6.45) is 1.50.